The summed E-state index contributed by atoms with van der Waals surface area (Å²) in [5.74, 6) is 0. The molecule has 0 radical (unpaired) electrons. The van der Waals surface area contributed by atoms with E-state index in [4.69, 9.17) is 0 Å². The second-order valence-corrected chi connectivity index (χ2v) is 8.57. The summed E-state index contributed by atoms with van der Waals surface area (Å²) < 4.78 is 28.8. The molecule has 0 saturated heterocycles. The molecule has 0 bridgehead atoms. The van der Waals surface area contributed by atoms with Crippen molar-refractivity contribution in [2.45, 2.75) is 46.1 Å². The van der Waals surface area contributed by atoms with Crippen molar-refractivity contribution in [1.29, 1.82) is 0 Å². The van der Waals surface area contributed by atoms with E-state index in [0.29, 0.717) is 19.6 Å². The van der Waals surface area contributed by atoms with Crippen molar-refractivity contribution >= 4 is 15.9 Å². The summed E-state index contributed by atoms with van der Waals surface area (Å²) in [5, 5.41) is 0. The summed E-state index contributed by atoms with van der Waals surface area (Å²) in [7, 11) is -3.40. The van der Waals surface area contributed by atoms with Crippen LogP contribution in [0.15, 0.2) is 24.3 Å². The van der Waals surface area contributed by atoms with E-state index in [0.717, 1.165) is 6.54 Å². The fourth-order valence-corrected chi connectivity index (χ4v) is 4.59. The molecule has 1 atom stereocenters. The largest absolute Gasteiger partial charge is 0.366 e. The van der Waals surface area contributed by atoms with Crippen LogP contribution in [0.4, 0.5) is 5.69 Å². The Hall–Kier alpha value is -1.11. The molecule has 0 spiro atoms. The van der Waals surface area contributed by atoms with E-state index in [1.165, 1.54) is 15.6 Å². The quantitative estimate of drug-likeness (QED) is 0.830. The van der Waals surface area contributed by atoms with Crippen LogP contribution in [0.5, 0.6) is 0 Å². The maximum Gasteiger partial charge on any atom is 0.279 e. The van der Waals surface area contributed by atoms with E-state index < -0.39 is 10.2 Å². The first-order valence-electron chi connectivity index (χ1n) is 8.33. The van der Waals surface area contributed by atoms with E-state index in [2.05, 4.69) is 48.6 Å². The summed E-state index contributed by atoms with van der Waals surface area (Å²) in [6.45, 7) is 12.5. The van der Waals surface area contributed by atoms with Gasteiger partial charge in [-0.2, -0.15) is 12.7 Å². The van der Waals surface area contributed by atoms with Gasteiger partial charge >= 0.3 is 0 Å². The summed E-state index contributed by atoms with van der Waals surface area (Å²) >= 11 is 0. The highest BCUT2D eigenvalue weighted by Gasteiger charge is 2.36. The molecule has 1 aromatic carbocycles. The smallest absolute Gasteiger partial charge is 0.279 e. The van der Waals surface area contributed by atoms with E-state index in [1.807, 2.05) is 19.9 Å². The molecule has 23 heavy (non-hydrogen) atoms. The number of nitrogens with one attached hydrogen (secondary N) is 1. The Balaban J connectivity index is 2.10. The average molecular weight is 340 g/mol. The number of para-hydroxylation sites is 1. The molecule has 1 heterocycles. The molecule has 1 aromatic rings. The zero-order valence-corrected chi connectivity index (χ0v) is 15.7. The lowest BCUT2D eigenvalue weighted by Gasteiger charge is -2.30. The summed E-state index contributed by atoms with van der Waals surface area (Å²) in [4.78, 5) is 2.31. The van der Waals surface area contributed by atoms with Gasteiger partial charge in [-0.25, -0.2) is 4.72 Å². The Kier molecular flexibility index (Phi) is 5.38. The number of fused-ring (bicyclic) bond motifs is 1. The van der Waals surface area contributed by atoms with Gasteiger partial charge in [-0.1, -0.05) is 45.9 Å². The number of rotatable bonds is 7. The first kappa shape index (κ1) is 18.2. The van der Waals surface area contributed by atoms with E-state index in [-0.39, 0.29) is 11.5 Å². The van der Waals surface area contributed by atoms with Crippen LogP contribution in [-0.2, 0) is 15.6 Å². The zero-order chi connectivity index (χ0) is 17.3. The Morgan fingerprint density at radius 2 is 1.87 bits per heavy atom. The van der Waals surface area contributed by atoms with Gasteiger partial charge in [0.15, 0.2) is 0 Å². The highest BCUT2D eigenvalue weighted by atomic mass is 32.2. The molecule has 1 unspecified atom stereocenters. The van der Waals surface area contributed by atoms with Gasteiger partial charge in [-0.15, -0.1) is 0 Å². The molecule has 1 N–H and O–H groups in total. The van der Waals surface area contributed by atoms with Crippen LogP contribution in [0.2, 0.25) is 0 Å². The number of anilines is 1. The van der Waals surface area contributed by atoms with E-state index in [9.17, 15) is 8.42 Å². The van der Waals surface area contributed by atoms with Crippen molar-refractivity contribution in [1.82, 2.24) is 9.03 Å². The van der Waals surface area contributed by atoms with Gasteiger partial charge in [0.2, 0.25) is 0 Å². The molecule has 0 saturated carbocycles. The van der Waals surface area contributed by atoms with Crippen molar-refractivity contribution in [3.63, 3.8) is 0 Å². The van der Waals surface area contributed by atoms with Gasteiger partial charge in [-0.05, 0) is 18.6 Å². The predicted molar refractivity (Wildman–Crippen MR) is 96.1 cm³/mol. The van der Waals surface area contributed by atoms with Gasteiger partial charge < -0.3 is 4.90 Å². The first-order chi connectivity index (χ1) is 10.7. The fourth-order valence-electron chi connectivity index (χ4n) is 3.28. The van der Waals surface area contributed by atoms with Crippen LogP contribution in [0, 0.1) is 0 Å². The van der Waals surface area contributed by atoms with Crippen molar-refractivity contribution in [2.75, 3.05) is 31.1 Å². The molecular formula is C17H29N3O2S. The minimum absolute atomic E-state index is 0.0859. The predicted octanol–water partition coefficient (Wildman–Crippen LogP) is 2.35. The Morgan fingerprint density at radius 3 is 2.48 bits per heavy atom. The molecular weight excluding hydrogens is 310 g/mol. The zero-order valence-electron chi connectivity index (χ0n) is 14.8. The van der Waals surface area contributed by atoms with Crippen LogP contribution in [-0.4, -0.2) is 44.9 Å². The third kappa shape index (κ3) is 3.70. The topological polar surface area (TPSA) is 52.7 Å². The fraction of sp³-hybridized carbons (Fsp3) is 0.647. The summed E-state index contributed by atoms with van der Waals surface area (Å²) in [6, 6.07) is 8.50. The van der Waals surface area contributed by atoms with Crippen molar-refractivity contribution < 1.29 is 8.42 Å². The standard InChI is InChI=1S/C17H29N3O2S/c1-6-19(7-2)23(21,22)18-12-14(3)20-13-17(4,5)15-10-8-9-11-16(15)20/h8-11,14,18H,6-7,12-13H2,1-5H3. The molecule has 1 aliphatic rings. The monoisotopic (exact) mass is 339 g/mol. The number of nitrogens with zero attached hydrogens (tertiary/aromatic N) is 2. The molecule has 0 aromatic heterocycles. The number of hydrogen-bond acceptors (Lipinski definition) is 3. The van der Waals surface area contributed by atoms with Gasteiger partial charge in [0.05, 0.1) is 0 Å². The van der Waals surface area contributed by atoms with Crippen molar-refractivity contribution in [2.24, 2.45) is 0 Å². The Morgan fingerprint density at radius 1 is 1.26 bits per heavy atom. The number of benzene rings is 1. The second-order valence-electron chi connectivity index (χ2n) is 6.82. The molecule has 5 nitrogen and oxygen atoms in total. The molecule has 0 aliphatic carbocycles. The second kappa shape index (κ2) is 6.79. The highest BCUT2D eigenvalue weighted by Crippen LogP contribution is 2.40. The summed E-state index contributed by atoms with van der Waals surface area (Å²) in [6.07, 6.45) is 0. The maximum atomic E-state index is 12.3. The lowest BCUT2D eigenvalue weighted by molar-refractivity contribution is 0.431. The number of hydrogen-bond donors (Lipinski definition) is 1. The SMILES string of the molecule is CCN(CC)S(=O)(=O)NCC(C)N1CC(C)(C)c2ccccc21. The maximum absolute atomic E-state index is 12.3. The third-order valence-corrected chi connectivity index (χ3v) is 6.37. The highest BCUT2D eigenvalue weighted by molar-refractivity contribution is 7.87. The van der Waals surface area contributed by atoms with E-state index >= 15 is 0 Å². The van der Waals surface area contributed by atoms with Crippen LogP contribution in [0.3, 0.4) is 0 Å². The van der Waals surface area contributed by atoms with Crippen LogP contribution < -0.4 is 9.62 Å². The third-order valence-electron chi connectivity index (χ3n) is 4.65. The van der Waals surface area contributed by atoms with Gasteiger partial charge in [-0.3, -0.25) is 0 Å². The minimum Gasteiger partial charge on any atom is -0.366 e. The van der Waals surface area contributed by atoms with Crippen molar-refractivity contribution in [3.8, 4) is 0 Å². The minimum atomic E-state index is -3.40. The molecule has 1 aliphatic heterocycles. The molecule has 0 amide bonds. The van der Waals surface area contributed by atoms with Crippen LogP contribution in [0.25, 0.3) is 0 Å². The van der Waals surface area contributed by atoms with Crippen LogP contribution >= 0.6 is 0 Å². The van der Waals surface area contributed by atoms with Crippen LogP contribution in [0.1, 0.15) is 40.2 Å². The van der Waals surface area contributed by atoms with E-state index in [1.54, 1.807) is 0 Å². The lowest BCUT2D eigenvalue weighted by Crippen LogP contribution is -2.47. The normalized spacial score (nSPS) is 18.3. The van der Waals surface area contributed by atoms with Crippen molar-refractivity contribution in [3.05, 3.63) is 29.8 Å². The Bertz CT molecular complexity index is 639. The summed E-state index contributed by atoms with van der Waals surface area (Å²) in [5.41, 5.74) is 2.63. The molecule has 0 fully saturated rings. The first-order valence-corrected chi connectivity index (χ1v) is 9.77. The van der Waals surface area contributed by atoms with Gasteiger partial charge in [0.25, 0.3) is 10.2 Å². The average Bonchev–Trinajstić information content (AvgIpc) is 2.78. The van der Waals surface area contributed by atoms with Gasteiger partial charge in [0, 0.05) is 43.3 Å². The molecule has 2 rings (SSSR count). The molecule has 6 heteroatoms. The molecule has 130 valence electrons. The lowest BCUT2D eigenvalue weighted by atomic mass is 9.87. The van der Waals surface area contributed by atoms with Gasteiger partial charge in [0.1, 0.15) is 0 Å². The Labute approximate surface area is 140 Å².